The van der Waals surface area contributed by atoms with Crippen molar-refractivity contribution in [3.05, 3.63) is 64.9 Å². The zero-order valence-electron chi connectivity index (χ0n) is 14.0. The van der Waals surface area contributed by atoms with Crippen LogP contribution in [0.3, 0.4) is 0 Å². The Morgan fingerprint density at radius 3 is 2.52 bits per heavy atom. The van der Waals surface area contributed by atoms with E-state index in [1.807, 2.05) is 42.5 Å². The third-order valence-corrected chi connectivity index (χ3v) is 5.10. The van der Waals surface area contributed by atoms with Crippen molar-refractivity contribution in [2.24, 2.45) is 11.8 Å². The van der Waals surface area contributed by atoms with Gasteiger partial charge >= 0.3 is 0 Å². The summed E-state index contributed by atoms with van der Waals surface area (Å²) in [6.07, 6.45) is 4.68. The van der Waals surface area contributed by atoms with E-state index in [2.05, 4.69) is 10.3 Å². The van der Waals surface area contributed by atoms with Crippen molar-refractivity contribution in [1.82, 2.24) is 10.3 Å². The van der Waals surface area contributed by atoms with E-state index in [1.54, 1.807) is 6.20 Å². The Bertz CT molecular complexity index is 711. The molecule has 0 spiro atoms. The molecule has 1 aliphatic rings. The van der Waals surface area contributed by atoms with Gasteiger partial charge in [0.1, 0.15) is 5.78 Å². The van der Waals surface area contributed by atoms with Crippen molar-refractivity contribution in [2.45, 2.75) is 18.8 Å². The Kier molecular flexibility index (Phi) is 5.95. The Hall–Kier alpha value is -2.04. The van der Waals surface area contributed by atoms with E-state index in [4.69, 9.17) is 17.0 Å². The first-order valence-corrected chi connectivity index (χ1v) is 9.00. The van der Waals surface area contributed by atoms with E-state index in [0.29, 0.717) is 5.02 Å². The number of Topliss-reactive ketones (excluding diaryl/α,β-unsaturated/α-hetero) is 1. The topological polar surface area (TPSA) is 65.8 Å². The number of pyridine rings is 1. The van der Waals surface area contributed by atoms with Crippen molar-refractivity contribution < 1.29 is 4.79 Å². The summed E-state index contributed by atoms with van der Waals surface area (Å²) in [5.41, 5.74) is 1.76. The first kappa shape index (κ1) is 17.8. The maximum absolute atomic E-state index is 13.2. The predicted octanol–water partition coefficient (Wildman–Crippen LogP) is 3.70. The summed E-state index contributed by atoms with van der Waals surface area (Å²) in [5, 5.41) is 11.9. The van der Waals surface area contributed by atoms with Crippen LogP contribution in [-0.2, 0) is 4.79 Å². The van der Waals surface area contributed by atoms with Gasteiger partial charge in [-0.2, -0.15) is 0 Å². The summed E-state index contributed by atoms with van der Waals surface area (Å²) in [6, 6.07) is 13.2. The molecule has 4 nitrogen and oxygen atoms in total. The van der Waals surface area contributed by atoms with Crippen molar-refractivity contribution in [3.63, 3.8) is 0 Å². The second-order valence-corrected chi connectivity index (χ2v) is 6.84. The van der Waals surface area contributed by atoms with E-state index in [1.165, 1.54) is 6.21 Å². The molecule has 2 unspecified atom stereocenters. The minimum Gasteiger partial charge on any atom is -0.317 e. The highest BCUT2D eigenvalue weighted by Crippen LogP contribution is 2.34. The molecule has 1 aromatic carbocycles. The van der Waals surface area contributed by atoms with Gasteiger partial charge in [0, 0.05) is 35.0 Å². The lowest BCUT2D eigenvalue weighted by molar-refractivity contribution is -0.125. The quantitative estimate of drug-likeness (QED) is 0.776. The van der Waals surface area contributed by atoms with Crippen LogP contribution in [0.1, 0.15) is 30.0 Å². The molecule has 1 aromatic heterocycles. The summed E-state index contributed by atoms with van der Waals surface area (Å²) < 4.78 is 0. The highest BCUT2D eigenvalue weighted by atomic mass is 35.5. The van der Waals surface area contributed by atoms with E-state index < -0.39 is 5.92 Å². The van der Waals surface area contributed by atoms with Crippen LogP contribution in [0.5, 0.6) is 0 Å². The fourth-order valence-corrected chi connectivity index (χ4v) is 3.64. The number of nitrogens with one attached hydrogen (secondary N) is 2. The maximum Gasteiger partial charge on any atom is 0.145 e. The molecule has 1 aliphatic heterocycles. The molecule has 5 heteroatoms. The monoisotopic (exact) mass is 355 g/mol. The van der Waals surface area contributed by atoms with Gasteiger partial charge < -0.3 is 10.7 Å². The average molecular weight is 356 g/mol. The van der Waals surface area contributed by atoms with E-state index in [9.17, 15) is 4.79 Å². The molecule has 130 valence electrons. The lowest BCUT2D eigenvalue weighted by Gasteiger charge is -2.29. The lowest BCUT2D eigenvalue weighted by Crippen LogP contribution is -2.37. The SMILES string of the molecule is N=CC(C(=O)C1CCNCC1)C(c1ccc(Cl)cc1)c1ccccn1. The third-order valence-electron chi connectivity index (χ3n) is 4.84. The Labute approximate surface area is 153 Å². The number of piperidine rings is 1. The molecular formula is C20H22ClN3O. The molecule has 0 radical (unpaired) electrons. The smallest absolute Gasteiger partial charge is 0.145 e. The van der Waals surface area contributed by atoms with Crippen molar-refractivity contribution >= 4 is 23.6 Å². The Balaban J connectivity index is 1.98. The van der Waals surface area contributed by atoms with Crippen molar-refractivity contribution in [3.8, 4) is 0 Å². The fraction of sp³-hybridized carbons (Fsp3) is 0.350. The molecule has 0 amide bonds. The molecule has 2 atom stereocenters. The number of hydrogen-bond acceptors (Lipinski definition) is 4. The highest BCUT2D eigenvalue weighted by molar-refractivity contribution is 6.30. The van der Waals surface area contributed by atoms with E-state index in [-0.39, 0.29) is 17.6 Å². The first-order chi connectivity index (χ1) is 12.2. The summed E-state index contributed by atoms with van der Waals surface area (Å²) in [7, 11) is 0. The van der Waals surface area contributed by atoms with Crippen LogP contribution in [0.25, 0.3) is 0 Å². The minimum absolute atomic E-state index is 0.00589. The molecule has 3 rings (SSSR count). The largest absolute Gasteiger partial charge is 0.317 e. The minimum atomic E-state index is -0.515. The van der Waals surface area contributed by atoms with Gasteiger partial charge in [-0.3, -0.25) is 9.78 Å². The van der Waals surface area contributed by atoms with Crippen LogP contribution in [0.15, 0.2) is 48.7 Å². The number of carbonyl (C=O) groups excluding carboxylic acids is 1. The second-order valence-electron chi connectivity index (χ2n) is 6.40. The maximum atomic E-state index is 13.2. The highest BCUT2D eigenvalue weighted by Gasteiger charge is 2.34. The van der Waals surface area contributed by atoms with Crippen LogP contribution < -0.4 is 5.32 Å². The zero-order valence-corrected chi connectivity index (χ0v) is 14.7. The van der Waals surface area contributed by atoms with Crippen LogP contribution in [-0.4, -0.2) is 30.1 Å². The molecule has 0 aliphatic carbocycles. The van der Waals surface area contributed by atoms with Crippen molar-refractivity contribution in [2.75, 3.05) is 13.1 Å². The van der Waals surface area contributed by atoms with E-state index in [0.717, 1.165) is 37.2 Å². The fourth-order valence-electron chi connectivity index (χ4n) is 3.51. The second kappa shape index (κ2) is 8.37. The van der Waals surface area contributed by atoms with Gasteiger partial charge in [0.25, 0.3) is 0 Å². The lowest BCUT2D eigenvalue weighted by atomic mass is 9.76. The van der Waals surface area contributed by atoms with Gasteiger partial charge in [-0.1, -0.05) is 29.8 Å². The van der Waals surface area contributed by atoms with E-state index >= 15 is 0 Å². The van der Waals surface area contributed by atoms with Gasteiger partial charge in [-0.25, -0.2) is 0 Å². The van der Waals surface area contributed by atoms with Gasteiger partial charge in [-0.05, 0) is 55.8 Å². The molecule has 1 fully saturated rings. The Morgan fingerprint density at radius 2 is 1.92 bits per heavy atom. The molecule has 2 N–H and O–H groups in total. The molecule has 2 heterocycles. The van der Waals surface area contributed by atoms with Crippen LogP contribution in [0.4, 0.5) is 0 Å². The number of halogens is 1. The van der Waals surface area contributed by atoms with Gasteiger partial charge in [0.2, 0.25) is 0 Å². The number of carbonyl (C=O) groups is 1. The van der Waals surface area contributed by atoms with Crippen molar-refractivity contribution in [1.29, 1.82) is 5.41 Å². The summed E-state index contributed by atoms with van der Waals surface area (Å²) >= 11 is 6.03. The molecule has 2 aromatic rings. The van der Waals surface area contributed by atoms with Gasteiger partial charge in [0.15, 0.2) is 0 Å². The Morgan fingerprint density at radius 1 is 1.20 bits per heavy atom. The molecule has 0 bridgehead atoms. The number of aromatic nitrogens is 1. The number of nitrogens with zero attached hydrogens (tertiary/aromatic N) is 1. The number of ketones is 1. The van der Waals surface area contributed by atoms with Crippen LogP contribution >= 0.6 is 11.6 Å². The average Bonchev–Trinajstić information content (AvgIpc) is 2.68. The number of rotatable bonds is 6. The predicted molar refractivity (Wildman–Crippen MR) is 100 cm³/mol. The van der Waals surface area contributed by atoms with Crippen LogP contribution in [0.2, 0.25) is 5.02 Å². The van der Waals surface area contributed by atoms with Crippen LogP contribution in [0, 0.1) is 17.2 Å². The van der Waals surface area contributed by atoms with Gasteiger partial charge in [0.05, 0.1) is 5.92 Å². The summed E-state index contributed by atoms with van der Waals surface area (Å²) in [6.45, 7) is 1.71. The molecule has 25 heavy (non-hydrogen) atoms. The molecule has 0 saturated carbocycles. The molecular weight excluding hydrogens is 334 g/mol. The standard InChI is InChI=1S/C20H22ClN3O/c21-16-6-4-14(5-7-16)19(18-3-1-2-10-24-18)17(13-22)20(25)15-8-11-23-12-9-15/h1-7,10,13,15,17,19,22-23H,8-9,11-12H2. The summed E-state index contributed by atoms with van der Waals surface area (Å²) in [5.74, 6) is -0.633. The summed E-state index contributed by atoms with van der Waals surface area (Å²) in [4.78, 5) is 17.6. The number of benzene rings is 1. The normalized spacial score (nSPS) is 17.6. The third kappa shape index (κ3) is 4.14. The zero-order chi connectivity index (χ0) is 17.6. The molecule has 1 saturated heterocycles. The van der Waals surface area contributed by atoms with Gasteiger partial charge in [-0.15, -0.1) is 0 Å². The number of hydrogen-bond donors (Lipinski definition) is 2. The first-order valence-electron chi connectivity index (χ1n) is 8.62.